The molecule has 0 aliphatic rings. The number of amides is 3. The Bertz CT molecular complexity index is 1140. The van der Waals surface area contributed by atoms with Gasteiger partial charge in [-0.05, 0) is 35.6 Å². The highest BCUT2D eigenvalue weighted by Crippen LogP contribution is 2.09. The number of nitrogens with zero attached hydrogens (tertiary/aromatic N) is 2. The SMILES string of the molecule is CC(C)CC(NC(=O)C(Cc1ccccc1)NC(=O)c1cnccn1)C(=O)NCc1ccc(F)cc1. The van der Waals surface area contributed by atoms with Crippen LogP contribution in [0.4, 0.5) is 4.39 Å². The highest BCUT2D eigenvalue weighted by atomic mass is 19.1. The second kappa shape index (κ2) is 13.1. The Morgan fingerprint density at radius 3 is 2.22 bits per heavy atom. The van der Waals surface area contributed by atoms with Crippen molar-refractivity contribution < 1.29 is 18.8 Å². The van der Waals surface area contributed by atoms with Crippen LogP contribution < -0.4 is 16.0 Å². The molecule has 3 aromatic rings. The van der Waals surface area contributed by atoms with Crippen LogP contribution in [0.1, 0.15) is 41.9 Å². The van der Waals surface area contributed by atoms with Crippen LogP contribution in [-0.2, 0) is 22.6 Å². The van der Waals surface area contributed by atoms with Crippen LogP contribution in [0.2, 0.25) is 0 Å². The number of aromatic nitrogens is 2. The first-order valence-corrected chi connectivity index (χ1v) is 11.7. The fourth-order valence-electron chi connectivity index (χ4n) is 3.60. The second-order valence-corrected chi connectivity index (χ2v) is 8.84. The Morgan fingerprint density at radius 1 is 0.861 bits per heavy atom. The third-order valence-corrected chi connectivity index (χ3v) is 5.42. The van der Waals surface area contributed by atoms with E-state index in [1.807, 2.05) is 44.2 Å². The normalized spacial score (nSPS) is 12.4. The number of rotatable bonds is 11. The molecule has 1 aromatic heterocycles. The number of carbonyl (C=O) groups is 3. The van der Waals surface area contributed by atoms with Crippen LogP contribution in [-0.4, -0.2) is 39.8 Å². The summed E-state index contributed by atoms with van der Waals surface area (Å²) in [5, 5.41) is 8.33. The Hall–Kier alpha value is -4.14. The van der Waals surface area contributed by atoms with E-state index in [1.54, 1.807) is 12.1 Å². The van der Waals surface area contributed by atoms with E-state index in [4.69, 9.17) is 0 Å². The van der Waals surface area contributed by atoms with Gasteiger partial charge in [-0.2, -0.15) is 0 Å². The molecule has 3 rings (SSSR count). The standard InChI is InChI=1S/C27H30FN5O3/c1-18(2)14-22(25(34)31-16-20-8-10-21(28)11-9-20)32-26(35)23(15-19-6-4-3-5-7-19)33-27(36)24-17-29-12-13-30-24/h3-13,17-18,22-23H,14-16H2,1-2H3,(H,31,34)(H,32,35)(H,33,36). The maximum atomic E-state index is 13.3. The van der Waals surface area contributed by atoms with Gasteiger partial charge in [0.05, 0.1) is 6.20 Å². The molecule has 8 nitrogen and oxygen atoms in total. The molecule has 0 aliphatic heterocycles. The minimum absolute atomic E-state index is 0.0825. The van der Waals surface area contributed by atoms with Crippen molar-refractivity contribution in [3.05, 3.63) is 95.8 Å². The Balaban J connectivity index is 1.72. The van der Waals surface area contributed by atoms with Crippen LogP contribution in [0.5, 0.6) is 0 Å². The van der Waals surface area contributed by atoms with Crippen LogP contribution in [0.25, 0.3) is 0 Å². The maximum Gasteiger partial charge on any atom is 0.272 e. The molecule has 36 heavy (non-hydrogen) atoms. The lowest BCUT2D eigenvalue weighted by atomic mass is 10.0. The third kappa shape index (κ3) is 8.26. The molecule has 0 radical (unpaired) electrons. The molecule has 2 unspecified atom stereocenters. The quantitative estimate of drug-likeness (QED) is 0.382. The molecule has 2 atom stereocenters. The van der Waals surface area contributed by atoms with Gasteiger partial charge in [0.1, 0.15) is 23.6 Å². The van der Waals surface area contributed by atoms with Gasteiger partial charge in [0.15, 0.2) is 0 Å². The van der Waals surface area contributed by atoms with Gasteiger partial charge in [0.2, 0.25) is 11.8 Å². The lowest BCUT2D eigenvalue weighted by Crippen LogP contribution is -2.54. The Morgan fingerprint density at radius 2 is 1.58 bits per heavy atom. The molecule has 2 aromatic carbocycles. The summed E-state index contributed by atoms with van der Waals surface area (Å²) in [5.41, 5.74) is 1.66. The minimum atomic E-state index is -0.943. The molecule has 3 amide bonds. The van der Waals surface area contributed by atoms with Gasteiger partial charge in [-0.3, -0.25) is 19.4 Å². The number of carbonyl (C=O) groups excluding carboxylic acids is 3. The number of hydrogen-bond acceptors (Lipinski definition) is 5. The van der Waals surface area contributed by atoms with Crippen molar-refractivity contribution in [2.45, 2.75) is 45.3 Å². The van der Waals surface area contributed by atoms with Crippen molar-refractivity contribution in [3.8, 4) is 0 Å². The average molecular weight is 492 g/mol. The summed E-state index contributed by atoms with van der Waals surface area (Å²) < 4.78 is 13.2. The Kier molecular flexibility index (Phi) is 9.62. The third-order valence-electron chi connectivity index (χ3n) is 5.42. The first-order chi connectivity index (χ1) is 17.3. The van der Waals surface area contributed by atoms with Crippen molar-refractivity contribution >= 4 is 17.7 Å². The number of benzene rings is 2. The van der Waals surface area contributed by atoms with Crippen molar-refractivity contribution in [1.82, 2.24) is 25.9 Å². The zero-order valence-corrected chi connectivity index (χ0v) is 20.3. The van der Waals surface area contributed by atoms with Crippen LogP contribution in [0.3, 0.4) is 0 Å². The molecule has 0 aliphatic carbocycles. The van der Waals surface area contributed by atoms with E-state index in [2.05, 4.69) is 25.9 Å². The van der Waals surface area contributed by atoms with E-state index in [0.717, 1.165) is 11.1 Å². The predicted octanol–water partition coefficient (Wildman–Crippen LogP) is 2.80. The van der Waals surface area contributed by atoms with E-state index >= 15 is 0 Å². The highest BCUT2D eigenvalue weighted by molar-refractivity contribution is 5.97. The highest BCUT2D eigenvalue weighted by Gasteiger charge is 2.28. The van der Waals surface area contributed by atoms with E-state index in [1.165, 1.54) is 30.7 Å². The summed E-state index contributed by atoms with van der Waals surface area (Å²) in [5.74, 6) is -1.63. The van der Waals surface area contributed by atoms with Crippen LogP contribution in [0.15, 0.2) is 73.2 Å². The topological polar surface area (TPSA) is 113 Å². The molecule has 0 bridgehead atoms. The lowest BCUT2D eigenvalue weighted by molar-refractivity contribution is -0.130. The smallest absolute Gasteiger partial charge is 0.272 e. The molecular formula is C27H30FN5O3. The minimum Gasteiger partial charge on any atom is -0.350 e. The first kappa shape index (κ1) is 26.5. The zero-order chi connectivity index (χ0) is 25.9. The van der Waals surface area contributed by atoms with Crippen LogP contribution >= 0.6 is 0 Å². The van der Waals surface area contributed by atoms with Crippen molar-refractivity contribution in [2.24, 2.45) is 5.92 Å². The van der Waals surface area contributed by atoms with Gasteiger partial charge in [0, 0.05) is 25.4 Å². The first-order valence-electron chi connectivity index (χ1n) is 11.7. The van der Waals surface area contributed by atoms with Gasteiger partial charge in [0.25, 0.3) is 5.91 Å². The summed E-state index contributed by atoms with van der Waals surface area (Å²) in [4.78, 5) is 46.9. The van der Waals surface area contributed by atoms with Crippen molar-refractivity contribution in [3.63, 3.8) is 0 Å². The zero-order valence-electron chi connectivity index (χ0n) is 20.3. The lowest BCUT2D eigenvalue weighted by Gasteiger charge is -2.24. The maximum absolute atomic E-state index is 13.3. The van der Waals surface area contributed by atoms with Gasteiger partial charge in [-0.25, -0.2) is 9.37 Å². The van der Waals surface area contributed by atoms with Crippen LogP contribution in [0, 0.1) is 11.7 Å². The van der Waals surface area contributed by atoms with Gasteiger partial charge in [-0.15, -0.1) is 0 Å². The fraction of sp³-hybridized carbons (Fsp3) is 0.296. The summed E-state index contributed by atoms with van der Waals surface area (Å²) in [6.45, 7) is 4.09. The molecule has 9 heteroatoms. The number of hydrogen-bond donors (Lipinski definition) is 3. The number of nitrogens with one attached hydrogen (secondary N) is 3. The van der Waals surface area contributed by atoms with Gasteiger partial charge < -0.3 is 16.0 Å². The van der Waals surface area contributed by atoms with E-state index in [0.29, 0.717) is 6.42 Å². The molecular weight excluding hydrogens is 461 g/mol. The summed E-state index contributed by atoms with van der Waals surface area (Å²) in [6.07, 6.45) is 4.79. The fourth-order valence-corrected chi connectivity index (χ4v) is 3.60. The van der Waals surface area contributed by atoms with Gasteiger partial charge >= 0.3 is 0 Å². The molecule has 0 fully saturated rings. The molecule has 0 saturated heterocycles. The molecule has 188 valence electrons. The van der Waals surface area contributed by atoms with Gasteiger partial charge in [-0.1, -0.05) is 56.3 Å². The van der Waals surface area contributed by atoms with Crippen molar-refractivity contribution in [2.75, 3.05) is 0 Å². The summed E-state index contributed by atoms with van der Waals surface area (Å²) in [6, 6.07) is 13.3. The number of halogens is 1. The van der Waals surface area contributed by atoms with E-state index < -0.39 is 23.9 Å². The average Bonchev–Trinajstić information content (AvgIpc) is 2.88. The molecule has 0 spiro atoms. The second-order valence-electron chi connectivity index (χ2n) is 8.84. The van der Waals surface area contributed by atoms with E-state index in [9.17, 15) is 18.8 Å². The molecule has 1 heterocycles. The summed E-state index contributed by atoms with van der Waals surface area (Å²) >= 11 is 0. The Labute approximate surface area is 209 Å². The monoisotopic (exact) mass is 491 g/mol. The molecule has 0 saturated carbocycles. The van der Waals surface area contributed by atoms with E-state index in [-0.39, 0.29) is 36.3 Å². The predicted molar refractivity (Wildman–Crippen MR) is 133 cm³/mol. The van der Waals surface area contributed by atoms with Crippen molar-refractivity contribution in [1.29, 1.82) is 0 Å². The molecule has 3 N–H and O–H groups in total. The largest absolute Gasteiger partial charge is 0.350 e. The summed E-state index contributed by atoms with van der Waals surface area (Å²) in [7, 11) is 0.